The molecule has 86 valence electrons. The fraction of sp³-hybridized carbons (Fsp3) is 0.417. The van der Waals surface area contributed by atoms with Gasteiger partial charge in [0.25, 0.3) is 0 Å². The maximum absolute atomic E-state index is 5.76. The topological polar surface area (TPSA) is 42.1 Å². The van der Waals surface area contributed by atoms with E-state index in [1.165, 1.54) is 4.70 Å². The van der Waals surface area contributed by atoms with Crippen LogP contribution in [0.25, 0.3) is 10.2 Å². The molecule has 0 saturated heterocycles. The Morgan fingerprint density at radius 3 is 2.88 bits per heavy atom. The molecule has 1 atom stereocenters. The molecule has 0 spiro atoms. The number of benzene rings is 1. The van der Waals surface area contributed by atoms with Crippen LogP contribution in [0.15, 0.2) is 24.3 Å². The SMILES string of the molecule is CC(N)CN(C)Cc1nc2ccccc2s1. The molecular formula is C12H17N3S. The van der Waals surface area contributed by atoms with Crippen LogP contribution >= 0.6 is 11.3 Å². The molecule has 1 aromatic carbocycles. The number of nitrogens with two attached hydrogens (primary N) is 1. The predicted molar refractivity (Wildman–Crippen MR) is 69.6 cm³/mol. The maximum Gasteiger partial charge on any atom is 0.108 e. The number of hydrogen-bond donors (Lipinski definition) is 1. The normalized spacial score (nSPS) is 13.5. The third-order valence-corrected chi connectivity index (χ3v) is 3.36. The van der Waals surface area contributed by atoms with Gasteiger partial charge in [0.2, 0.25) is 0 Å². The number of thiazole rings is 1. The Morgan fingerprint density at radius 1 is 1.44 bits per heavy atom. The summed E-state index contributed by atoms with van der Waals surface area (Å²) < 4.78 is 1.26. The molecule has 3 nitrogen and oxygen atoms in total. The minimum atomic E-state index is 0.208. The molecule has 2 N–H and O–H groups in total. The number of fused-ring (bicyclic) bond motifs is 1. The molecule has 0 amide bonds. The van der Waals surface area contributed by atoms with Gasteiger partial charge in [0.1, 0.15) is 5.01 Å². The molecule has 0 aliphatic heterocycles. The summed E-state index contributed by atoms with van der Waals surface area (Å²) >= 11 is 1.76. The number of nitrogens with zero attached hydrogens (tertiary/aromatic N) is 2. The van der Waals surface area contributed by atoms with Crippen molar-refractivity contribution >= 4 is 21.6 Å². The Kier molecular flexibility index (Phi) is 3.53. The Labute approximate surface area is 99.9 Å². The average molecular weight is 235 g/mol. The molecule has 0 saturated carbocycles. The molecule has 0 aliphatic carbocycles. The summed E-state index contributed by atoms with van der Waals surface area (Å²) in [6.07, 6.45) is 0. The number of hydrogen-bond acceptors (Lipinski definition) is 4. The maximum atomic E-state index is 5.76. The molecule has 0 bridgehead atoms. The van der Waals surface area contributed by atoms with Gasteiger partial charge in [-0.3, -0.25) is 4.90 Å². The van der Waals surface area contributed by atoms with E-state index in [4.69, 9.17) is 5.73 Å². The van der Waals surface area contributed by atoms with Gasteiger partial charge in [-0.05, 0) is 26.1 Å². The van der Waals surface area contributed by atoms with Crippen LogP contribution in [0, 0.1) is 0 Å². The summed E-state index contributed by atoms with van der Waals surface area (Å²) in [6, 6.07) is 8.45. The van der Waals surface area contributed by atoms with Crippen LogP contribution in [-0.4, -0.2) is 29.5 Å². The first-order chi connectivity index (χ1) is 7.65. The lowest BCUT2D eigenvalue weighted by molar-refractivity contribution is 0.310. The molecule has 4 heteroatoms. The highest BCUT2D eigenvalue weighted by Crippen LogP contribution is 2.22. The molecule has 0 aliphatic rings. The molecule has 2 rings (SSSR count). The lowest BCUT2D eigenvalue weighted by Crippen LogP contribution is -2.32. The average Bonchev–Trinajstić information content (AvgIpc) is 2.57. The van der Waals surface area contributed by atoms with Crippen LogP contribution in [0.1, 0.15) is 11.9 Å². The standard InChI is InChI=1S/C12H17N3S/c1-9(13)7-15(2)8-12-14-10-5-3-4-6-11(10)16-12/h3-6,9H,7-8,13H2,1-2H3. The van der Waals surface area contributed by atoms with Crippen LogP contribution in [0.4, 0.5) is 0 Å². The summed E-state index contributed by atoms with van der Waals surface area (Å²) in [5, 5.41) is 1.16. The van der Waals surface area contributed by atoms with E-state index in [0.29, 0.717) is 0 Å². The van der Waals surface area contributed by atoms with Gasteiger partial charge in [-0.15, -0.1) is 11.3 Å². The van der Waals surface area contributed by atoms with E-state index in [1.54, 1.807) is 11.3 Å². The van der Waals surface area contributed by atoms with Crippen molar-refractivity contribution in [1.82, 2.24) is 9.88 Å². The predicted octanol–water partition coefficient (Wildman–Crippen LogP) is 2.08. The largest absolute Gasteiger partial charge is 0.327 e. The zero-order valence-electron chi connectivity index (χ0n) is 9.68. The second-order valence-corrected chi connectivity index (χ2v) is 5.36. The zero-order valence-corrected chi connectivity index (χ0v) is 10.5. The fourth-order valence-corrected chi connectivity index (χ4v) is 2.82. The monoisotopic (exact) mass is 235 g/mol. The van der Waals surface area contributed by atoms with Crippen molar-refractivity contribution in [1.29, 1.82) is 0 Å². The van der Waals surface area contributed by atoms with Crippen molar-refractivity contribution in [3.63, 3.8) is 0 Å². The van der Waals surface area contributed by atoms with E-state index in [0.717, 1.165) is 23.6 Å². The van der Waals surface area contributed by atoms with Gasteiger partial charge in [-0.1, -0.05) is 12.1 Å². The third kappa shape index (κ3) is 2.78. The van der Waals surface area contributed by atoms with Crippen LogP contribution in [0.3, 0.4) is 0 Å². The summed E-state index contributed by atoms with van der Waals surface area (Å²) in [5.74, 6) is 0. The van der Waals surface area contributed by atoms with Crippen molar-refractivity contribution in [2.75, 3.05) is 13.6 Å². The van der Waals surface area contributed by atoms with Crippen LogP contribution < -0.4 is 5.73 Å². The van der Waals surface area contributed by atoms with Crippen molar-refractivity contribution in [3.8, 4) is 0 Å². The van der Waals surface area contributed by atoms with Crippen LogP contribution in [0.2, 0.25) is 0 Å². The van der Waals surface area contributed by atoms with Crippen molar-refractivity contribution in [2.45, 2.75) is 19.5 Å². The summed E-state index contributed by atoms with van der Waals surface area (Å²) in [7, 11) is 2.08. The number of aromatic nitrogens is 1. The van der Waals surface area contributed by atoms with Gasteiger partial charge in [-0.25, -0.2) is 4.98 Å². The first-order valence-corrected chi connectivity index (χ1v) is 6.25. The molecule has 16 heavy (non-hydrogen) atoms. The number of rotatable bonds is 4. The minimum absolute atomic E-state index is 0.208. The van der Waals surface area contributed by atoms with Gasteiger partial charge in [0, 0.05) is 12.6 Å². The van der Waals surface area contributed by atoms with E-state index in [2.05, 4.69) is 35.1 Å². The smallest absolute Gasteiger partial charge is 0.108 e. The quantitative estimate of drug-likeness (QED) is 0.882. The lowest BCUT2D eigenvalue weighted by Gasteiger charge is -2.16. The molecule has 0 fully saturated rings. The van der Waals surface area contributed by atoms with Gasteiger partial charge in [-0.2, -0.15) is 0 Å². The van der Waals surface area contributed by atoms with Crippen molar-refractivity contribution in [3.05, 3.63) is 29.3 Å². The summed E-state index contributed by atoms with van der Waals surface area (Å²) in [5.41, 5.74) is 6.86. The first-order valence-electron chi connectivity index (χ1n) is 5.43. The van der Waals surface area contributed by atoms with Gasteiger partial charge < -0.3 is 5.73 Å². The molecule has 1 unspecified atom stereocenters. The Morgan fingerprint density at radius 2 is 2.19 bits per heavy atom. The Bertz CT molecular complexity index is 431. The Balaban J connectivity index is 2.09. The second kappa shape index (κ2) is 4.91. The lowest BCUT2D eigenvalue weighted by atomic mass is 10.3. The Hall–Kier alpha value is -0.970. The highest BCUT2D eigenvalue weighted by molar-refractivity contribution is 7.18. The van der Waals surface area contributed by atoms with Gasteiger partial charge in [0.05, 0.1) is 16.8 Å². The van der Waals surface area contributed by atoms with Gasteiger partial charge in [0.15, 0.2) is 0 Å². The molecule has 1 aromatic heterocycles. The summed E-state index contributed by atoms with van der Waals surface area (Å²) in [4.78, 5) is 6.81. The molecular weight excluding hydrogens is 218 g/mol. The first kappa shape index (κ1) is 11.5. The summed E-state index contributed by atoms with van der Waals surface area (Å²) in [6.45, 7) is 3.80. The highest BCUT2D eigenvalue weighted by Gasteiger charge is 2.07. The molecule has 2 aromatic rings. The van der Waals surface area contributed by atoms with Crippen molar-refractivity contribution in [2.24, 2.45) is 5.73 Å². The van der Waals surface area contributed by atoms with Crippen molar-refractivity contribution < 1.29 is 0 Å². The van der Waals surface area contributed by atoms with Crippen LogP contribution in [-0.2, 0) is 6.54 Å². The van der Waals surface area contributed by atoms with E-state index in [-0.39, 0.29) is 6.04 Å². The second-order valence-electron chi connectivity index (χ2n) is 4.25. The third-order valence-electron chi connectivity index (χ3n) is 2.34. The minimum Gasteiger partial charge on any atom is -0.327 e. The zero-order chi connectivity index (χ0) is 11.5. The molecule has 0 radical (unpaired) electrons. The highest BCUT2D eigenvalue weighted by atomic mass is 32.1. The molecule has 1 heterocycles. The van der Waals surface area contributed by atoms with Crippen LogP contribution in [0.5, 0.6) is 0 Å². The number of para-hydroxylation sites is 1. The van der Waals surface area contributed by atoms with Gasteiger partial charge >= 0.3 is 0 Å². The van der Waals surface area contributed by atoms with E-state index < -0.39 is 0 Å². The van der Waals surface area contributed by atoms with E-state index in [1.807, 2.05) is 13.0 Å². The number of likely N-dealkylation sites (N-methyl/N-ethyl adjacent to an activating group) is 1. The van der Waals surface area contributed by atoms with E-state index in [9.17, 15) is 0 Å². The fourth-order valence-electron chi connectivity index (χ4n) is 1.77. The van der Waals surface area contributed by atoms with E-state index >= 15 is 0 Å².